The summed E-state index contributed by atoms with van der Waals surface area (Å²) in [4.78, 5) is 22.7. The third-order valence-electron chi connectivity index (χ3n) is 5.71. The number of hydrogen-bond donors (Lipinski definition) is 0. The molecule has 30 heavy (non-hydrogen) atoms. The Bertz CT molecular complexity index is 1010. The molecule has 1 fully saturated rings. The second kappa shape index (κ2) is 9.06. The van der Waals surface area contributed by atoms with Crippen molar-refractivity contribution in [1.29, 1.82) is 0 Å². The summed E-state index contributed by atoms with van der Waals surface area (Å²) in [6.07, 6.45) is 0.749. The summed E-state index contributed by atoms with van der Waals surface area (Å²) in [5, 5.41) is 0.973. The molecule has 0 aliphatic carbocycles. The first-order chi connectivity index (χ1) is 14.5. The molecule has 0 spiro atoms. The minimum atomic E-state index is -0.208. The SMILES string of the molecule is Cc1nc(Cc2ccccc2)sc1C(=O)N1CCN([C@H](C)c2cccc(F)c2)CC1. The number of halogens is 1. The number of nitrogens with zero attached hydrogens (tertiary/aromatic N) is 3. The fourth-order valence-electron chi connectivity index (χ4n) is 3.93. The molecule has 1 atom stereocenters. The van der Waals surface area contributed by atoms with Crippen molar-refractivity contribution in [2.45, 2.75) is 26.3 Å². The Morgan fingerprint density at radius 2 is 1.83 bits per heavy atom. The maximum Gasteiger partial charge on any atom is 0.265 e. The number of rotatable bonds is 5. The van der Waals surface area contributed by atoms with Crippen LogP contribution in [-0.4, -0.2) is 46.9 Å². The second-order valence-electron chi connectivity index (χ2n) is 7.74. The molecule has 4 rings (SSSR count). The number of aryl methyl sites for hydroxylation is 1. The van der Waals surface area contributed by atoms with Gasteiger partial charge in [0, 0.05) is 38.6 Å². The van der Waals surface area contributed by atoms with E-state index >= 15 is 0 Å². The molecule has 156 valence electrons. The van der Waals surface area contributed by atoms with Crippen LogP contribution in [0.2, 0.25) is 0 Å². The summed E-state index contributed by atoms with van der Waals surface area (Å²) >= 11 is 1.50. The summed E-state index contributed by atoms with van der Waals surface area (Å²) in [5.74, 6) is -0.137. The number of carbonyl (C=O) groups is 1. The van der Waals surface area contributed by atoms with Gasteiger partial charge in [-0.2, -0.15) is 0 Å². The monoisotopic (exact) mass is 423 g/mol. The Morgan fingerprint density at radius 3 is 2.53 bits per heavy atom. The summed E-state index contributed by atoms with van der Waals surface area (Å²) in [7, 11) is 0. The third-order valence-corrected chi connectivity index (χ3v) is 6.86. The van der Waals surface area contributed by atoms with E-state index in [0.717, 1.165) is 40.7 Å². The van der Waals surface area contributed by atoms with Gasteiger partial charge in [-0.05, 0) is 37.1 Å². The van der Waals surface area contributed by atoms with E-state index in [-0.39, 0.29) is 17.8 Å². The quantitative estimate of drug-likeness (QED) is 0.597. The van der Waals surface area contributed by atoms with E-state index in [2.05, 4.69) is 28.9 Å². The zero-order valence-corrected chi connectivity index (χ0v) is 18.2. The molecule has 3 aromatic rings. The van der Waals surface area contributed by atoms with Crippen molar-refractivity contribution in [2.75, 3.05) is 26.2 Å². The summed E-state index contributed by atoms with van der Waals surface area (Å²) in [6, 6.07) is 17.1. The average Bonchev–Trinajstić information content (AvgIpc) is 3.13. The number of amides is 1. The number of benzene rings is 2. The highest BCUT2D eigenvalue weighted by atomic mass is 32.1. The van der Waals surface area contributed by atoms with Crippen molar-refractivity contribution in [3.63, 3.8) is 0 Å². The van der Waals surface area contributed by atoms with Gasteiger partial charge < -0.3 is 4.90 Å². The zero-order valence-electron chi connectivity index (χ0n) is 17.3. The molecule has 1 amide bonds. The molecule has 1 aliphatic heterocycles. The van der Waals surface area contributed by atoms with Gasteiger partial charge >= 0.3 is 0 Å². The van der Waals surface area contributed by atoms with Crippen LogP contribution in [0.5, 0.6) is 0 Å². The molecule has 0 N–H and O–H groups in total. The van der Waals surface area contributed by atoms with Crippen LogP contribution in [0.3, 0.4) is 0 Å². The zero-order chi connectivity index (χ0) is 21.1. The van der Waals surface area contributed by atoms with Gasteiger partial charge in [0.1, 0.15) is 10.7 Å². The molecular formula is C24H26FN3OS. The van der Waals surface area contributed by atoms with Crippen LogP contribution in [0, 0.1) is 12.7 Å². The van der Waals surface area contributed by atoms with Crippen LogP contribution in [0.25, 0.3) is 0 Å². The van der Waals surface area contributed by atoms with Gasteiger partial charge in [0.15, 0.2) is 0 Å². The van der Waals surface area contributed by atoms with E-state index in [1.807, 2.05) is 36.1 Å². The summed E-state index contributed by atoms with van der Waals surface area (Å²) in [6.45, 7) is 6.90. The minimum absolute atomic E-state index is 0.0716. The summed E-state index contributed by atoms with van der Waals surface area (Å²) in [5.41, 5.74) is 2.98. The molecule has 0 saturated carbocycles. The van der Waals surface area contributed by atoms with Gasteiger partial charge in [0.2, 0.25) is 0 Å². The fourth-order valence-corrected chi connectivity index (χ4v) is 5.00. The lowest BCUT2D eigenvalue weighted by molar-refractivity contribution is 0.0585. The highest BCUT2D eigenvalue weighted by Crippen LogP contribution is 2.25. The van der Waals surface area contributed by atoms with Crippen molar-refractivity contribution in [3.8, 4) is 0 Å². The Labute approximate surface area is 181 Å². The van der Waals surface area contributed by atoms with E-state index in [4.69, 9.17) is 0 Å². The van der Waals surface area contributed by atoms with E-state index < -0.39 is 0 Å². The van der Waals surface area contributed by atoms with Crippen LogP contribution in [-0.2, 0) is 6.42 Å². The maximum atomic E-state index is 13.6. The lowest BCUT2D eigenvalue weighted by Crippen LogP contribution is -2.49. The lowest BCUT2D eigenvalue weighted by Gasteiger charge is -2.38. The van der Waals surface area contributed by atoms with Gasteiger partial charge in [-0.3, -0.25) is 9.69 Å². The Morgan fingerprint density at radius 1 is 1.10 bits per heavy atom. The maximum absolute atomic E-state index is 13.6. The van der Waals surface area contributed by atoms with Crippen molar-refractivity contribution in [1.82, 2.24) is 14.8 Å². The number of carbonyl (C=O) groups excluding carboxylic acids is 1. The van der Waals surface area contributed by atoms with Gasteiger partial charge in [-0.25, -0.2) is 9.37 Å². The van der Waals surface area contributed by atoms with Crippen LogP contribution >= 0.6 is 11.3 Å². The largest absolute Gasteiger partial charge is 0.335 e. The highest BCUT2D eigenvalue weighted by Gasteiger charge is 2.27. The molecule has 1 saturated heterocycles. The van der Waals surface area contributed by atoms with E-state index in [1.165, 1.54) is 23.0 Å². The van der Waals surface area contributed by atoms with Crippen LogP contribution in [0.15, 0.2) is 54.6 Å². The van der Waals surface area contributed by atoms with E-state index in [1.54, 1.807) is 12.1 Å². The van der Waals surface area contributed by atoms with Crippen LogP contribution in [0.4, 0.5) is 4.39 Å². The molecule has 6 heteroatoms. The van der Waals surface area contributed by atoms with Crippen molar-refractivity contribution >= 4 is 17.2 Å². The average molecular weight is 424 g/mol. The first-order valence-corrected chi connectivity index (χ1v) is 11.1. The normalized spacial score (nSPS) is 15.9. The predicted octanol–water partition coefficient (Wildman–Crippen LogP) is 4.70. The number of piperazine rings is 1. The third kappa shape index (κ3) is 4.60. The molecule has 2 aromatic carbocycles. The Balaban J connectivity index is 1.38. The molecule has 0 bridgehead atoms. The van der Waals surface area contributed by atoms with Gasteiger partial charge in [0.05, 0.1) is 10.7 Å². The van der Waals surface area contributed by atoms with Gasteiger partial charge in [0.25, 0.3) is 5.91 Å². The number of thiazole rings is 1. The van der Waals surface area contributed by atoms with Gasteiger partial charge in [-0.1, -0.05) is 42.5 Å². The van der Waals surface area contributed by atoms with Crippen molar-refractivity contribution in [3.05, 3.63) is 87.1 Å². The van der Waals surface area contributed by atoms with Gasteiger partial charge in [-0.15, -0.1) is 11.3 Å². The Kier molecular flexibility index (Phi) is 6.25. The molecule has 1 aliphatic rings. The van der Waals surface area contributed by atoms with Crippen molar-refractivity contribution in [2.24, 2.45) is 0 Å². The standard InChI is InChI=1S/C24H26FN3OS/c1-17-23(30-22(26-17)15-19-7-4-3-5-8-19)24(29)28-13-11-27(12-14-28)18(2)20-9-6-10-21(25)16-20/h3-10,16,18H,11-15H2,1-2H3/t18-/m1/s1. The molecule has 4 nitrogen and oxygen atoms in total. The highest BCUT2D eigenvalue weighted by molar-refractivity contribution is 7.13. The first-order valence-electron chi connectivity index (χ1n) is 10.3. The smallest absolute Gasteiger partial charge is 0.265 e. The molecule has 0 radical (unpaired) electrons. The van der Waals surface area contributed by atoms with Crippen molar-refractivity contribution < 1.29 is 9.18 Å². The minimum Gasteiger partial charge on any atom is -0.335 e. The number of aromatic nitrogens is 1. The van der Waals surface area contributed by atoms with E-state index in [0.29, 0.717) is 13.1 Å². The molecule has 2 heterocycles. The number of hydrogen-bond acceptors (Lipinski definition) is 4. The predicted molar refractivity (Wildman–Crippen MR) is 118 cm³/mol. The second-order valence-corrected chi connectivity index (χ2v) is 8.83. The summed E-state index contributed by atoms with van der Waals surface area (Å²) < 4.78 is 13.6. The molecule has 1 aromatic heterocycles. The fraction of sp³-hybridized carbons (Fsp3) is 0.333. The molecular weight excluding hydrogens is 397 g/mol. The van der Waals surface area contributed by atoms with E-state index in [9.17, 15) is 9.18 Å². The van der Waals surface area contributed by atoms with Crippen LogP contribution < -0.4 is 0 Å². The Hall–Kier alpha value is -2.57. The van der Waals surface area contributed by atoms with Crippen LogP contribution in [0.1, 0.15) is 44.5 Å². The lowest BCUT2D eigenvalue weighted by atomic mass is 10.1. The first kappa shape index (κ1) is 20.7. The molecule has 0 unspecified atom stereocenters. The topological polar surface area (TPSA) is 36.4 Å².